The lowest BCUT2D eigenvalue weighted by Gasteiger charge is -2.09. The van der Waals surface area contributed by atoms with Crippen molar-refractivity contribution in [3.63, 3.8) is 0 Å². The Morgan fingerprint density at radius 3 is 2.47 bits per heavy atom. The van der Waals surface area contributed by atoms with Gasteiger partial charge in [0.05, 0.1) is 17.4 Å². The van der Waals surface area contributed by atoms with Crippen LogP contribution in [0.25, 0.3) is 0 Å². The molecule has 1 unspecified atom stereocenters. The molecule has 0 spiro atoms. The summed E-state index contributed by atoms with van der Waals surface area (Å²) in [5.41, 5.74) is 0.628. The summed E-state index contributed by atoms with van der Waals surface area (Å²) in [5.74, 6) is -0.623. The lowest BCUT2D eigenvalue weighted by molar-refractivity contribution is -0.119. The lowest BCUT2D eigenvalue weighted by atomic mass is 10.1. The Morgan fingerprint density at radius 2 is 1.94 bits per heavy atom. The zero-order valence-corrected chi connectivity index (χ0v) is 10.6. The molecule has 0 bridgehead atoms. The molecule has 0 aliphatic carbocycles. The highest BCUT2D eigenvalue weighted by molar-refractivity contribution is 7.91. The van der Waals surface area contributed by atoms with Crippen molar-refractivity contribution in [1.82, 2.24) is 0 Å². The van der Waals surface area contributed by atoms with Gasteiger partial charge in [0.1, 0.15) is 0 Å². The van der Waals surface area contributed by atoms with Gasteiger partial charge in [0.2, 0.25) is 5.91 Å². The number of amides is 1. The summed E-state index contributed by atoms with van der Waals surface area (Å²) >= 11 is 5.72. The first-order chi connectivity index (χ1) is 7.96. The van der Waals surface area contributed by atoms with E-state index >= 15 is 0 Å². The summed E-state index contributed by atoms with van der Waals surface area (Å²) in [6, 6.07) is 6.71. The lowest BCUT2D eigenvalue weighted by Crippen LogP contribution is -2.23. The van der Waals surface area contributed by atoms with Gasteiger partial charge in [-0.3, -0.25) is 4.79 Å². The smallest absolute Gasteiger partial charge is 0.228 e. The predicted molar refractivity (Wildman–Crippen MR) is 66.8 cm³/mol. The first-order valence-electron chi connectivity index (χ1n) is 5.23. The van der Waals surface area contributed by atoms with E-state index < -0.39 is 15.8 Å². The molecule has 92 valence electrons. The summed E-state index contributed by atoms with van der Waals surface area (Å²) < 4.78 is 22.5. The maximum absolute atomic E-state index is 11.8. The molecule has 2 rings (SSSR count). The number of anilines is 1. The third-order valence-electron chi connectivity index (χ3n) is 2.71. The number of carbonyl (C=O) groups is 1. The average molecular weight is 274 g/mol. The van der Waals surface area contributed by atoms with E-state index in [2.05, 4.69) is 5.32 Å². The van der Waals surface area contributed by atoms with Crippen molar-refractivity contribution in [1.29, 1.82) is 0 Å². The fourth-order valence-electron chi connectivity index (χ4n) is 1.78. The SMILES string of the molecule is O=C(Nc1ccc(Cl)cc1)C1CCS(=O)(=O)C1. The molecule has 0 radical (unpaired) electrons. The van der Waals surface area contributed by atoms with Crippen LogP contribution in [0.5, 0.6) is 0 Å². The minimum atomic E-state index is -3.02. The Morgan fingerprint density at radius 1 is 1.29 bits per heavy atom. The topological polar surface area (TPSA) is 63.2 Å². The maximum atomic E-state index is 11.8. The van der Waals surface area contributed by atoms with Gasteiger partial charge >= 0.3 is 0 Å². The molecular weight excluding hydrogens is 262 g/mol. The van der Waals surface area contributed by atoms with Crippen LogP contribution in [0.3, 0.4) is 0 Å². The molecule has 0 saturated carbocycles. The number of benzene rings is 1. The van der Waals surface area contributed by atoms with E-state index in [1.165, 1.54) is 0 Å². The van der Waals surface area contributed by atoms with Crippen LogP contribution in [0.4, 0.5) is 5.69 Å². The van der Waals surface area contributed by atoms with Crippen LogP contribution in [0.15, 0.2) is 24.3 Å². The van der Waals surface area contributed by atoms with E-state index in [9.17, 15) is 13.2 Å². The predicted octanol–water partition coefficient (Wildman–Crippen LogP) is 1.71. The van der Waals surface area contributed by atoms with Crippen molar-refractivity contribution < 1.29 is 13.2 Å². The standard InChI is InChI=1S/C11H12ClNO3S/c12-9-1-3-10(4-2-9)13-11(14)8-5-6-17(15,16)7-8/h1-4,8H,5-7H2,(H,13,14). The third-order valence-corrected chi connectivity index (χ3v) is 4.73. The molecule has 1 fully saturated rings. The van der Waals surface area contributed by atoms with Gasteiger partial charge in [0.25, 0.3) is 0 Å². The minimum absolute atomic E-state index is 0.0492. The Hall–Kier alpha value is -1.07. The van der Waals surface area contributed by atoms with Crippen molar-refractivity contribution in [3.8, 4) is 0 Å². The fraction of sp³-hybridized carbons (Fsp3) is 0.364. The maximum Gasteiger partial charge on any atom is 0.228 e. The summed E-state index contributed by atoms with van der Waals surface area (Å²) in [6.45, 7) is 0. The molecule has 0 aromatic heterocycles. The van der Waals surface area contributed by atoms with E-state index in [-0.39, 0.29) is 17.4 Å². The molecule has 1 aromatic carbocycles. The van der Waals surface area contributed by atoms with Gasteiger partial charge in [-0.2, -0.15) is 0 Å². The highest BCUT2D eigenvalue weighted by Gasteiger charge is 2.32. The molecule has 6 heteroatoms. The van der Waals surface area contributed by atoms with Gasteiger partial charge in [-0.25, -0.2) is 8.42 Å². The van der Waals surface area contributed by atoms with E-state index in [1.807, 2.05) is 0 Å². The molecule has 1 N–H and O–H groups in total. The van der Waals surface area contributed by atoms with Crippen molar-refractivity contribution >= 4 is 33.0 Å². The highest BCUT2D eigenvalue weighted by Crippen LogP contribution is 2.21. The van der Waals surface area contributed by atoms with Gasteiger partial charge in [-0.15, -0.1) is 0 Å². The Balaban J connectivity index is 2.01. The average Bonchev–Trinajstić information content (AvgIpc) is 2.62. The number of nitrogens with one attached hydrogen (secondary N) is 1. The Bertz CT molecular complexity index is 524. The number of rotatable bonds is 2. The van der Waals surface area contributed by atoms with Crippen LogP contribution in [0.2, 0.25) is 5.02 Å². The van der Waals surface area contributed by atoms with Crippen molar-refractivity contribution in [2.24, 2.45) is 5.92 Å². The van der Waals surface area contributed by atoms with Crippen LogP contribution < -0.4 is 5.32 Å². The van der Waals surface area contributed by atoms with Gasteiger partial charge in [-0.05, 0) is 30.7 Å². The van der Waals surface area contributed by atoms with E-state index in [0.29, 0.717) is 17.1 Å². The molecule has 4 nitrogen and oxygen atoms in total. The number of carbonyl (C=O) groups excluding carboxylic acids is 1. The first kappa shape index (κ1) is 12.4. The summed E-state index contributed by atoms with van der Waals surface area (Å²) in [7, 11) is -3.02. The number of halogens is 1. The molecule has 17 heavy (non-hydrogen) atoms. The fourth-order valence-corrected chi connectivity index (χ4v) is 3.65. The van der Waals surface area contributed by atoms with Crippen LogP contribution in [0, 0.1) is 5.92 Å². The second-order valence-corrected chi connectivity index (χ2v) is 6.76. The second-order valence-electron chi connectivity index (χ2n) is 4.10. The zero-order chi connectivity index (χ0) is 12.5. The quantitative estimate of drug-likeness (QED) is 0.892. The first-order valence-corrected chi connectivity index (χ1v) is 7.43. The molecule has 1 aliphatic heterocycles. The highest BCUT2D eigenvalue weighted by atomic mass is 35.5. The molecule has 1 amide bonds. The largest absolute Gasteiger partial charge is 0.326 e. The van der Waals surface area contributed by atoms with E-state index in [1.54, 1.807) is 24.3 Å². The van der Waals surface area contributed by atoms with Crippen molar-refractivity contribution in [3.05, 3.63) is 29.3 Å². The van der Waals surface area contributed by atoms with Gasteiger partial charge in [0.15, 0.2) is 9.84 Å². The van der Waals surface area contributed by atoms with Gasteiger partial charge in [0, 0.05) is 10.7 Å². The Kier molecular flexibility index (Phi) is 3.40. The molecule has 1 aliphatic rings. The van der Waals surface area contributed by atoms with E-state index in [4.69, 9.17) is 11.6 Å². The number of hydrogen-bond acceptors (Lipinski definition) is 3. The van der Waals surface area contributed by atoms with Crippen LogP contribution >= 0.6 is 11.6 Å². The molecular formula is C11H12ClNO3S. The molecule has 1 aromatic rings. The monoisotopic (exact) mass is 273 g/mol. The summed E-state index contributed by atoms with van der Waals surface area (Å²) in [5, 5.41) is 3.28. The van der Waals surface area contributed by atoms with E-state index in [0.717, 1.165) is 0 Å². The van der Waals surface area contributed by atoms with Crippen molar-refractivity contribution in [2.45, 2.75) is 6.42 Å². The zero-order valence-electron chi connectivity index (χ0n) is 9.02. The number of sulfone groups is 1. The molecule has 1 heterocycles. The third kappa shape index (κ3) is 3.20. The van der Waals surface area contributed by atoms with Crippen LogP contribution in [-0.2, 0) is 14.6 Å². The number of hydrogen-bond donors (Lipinski definition) is 1. The molecule has 1 saturated heterocycles. The normalized spacial score (nSPS) is 22.3. The van der Waals surface area contributed by atoms with Crippen molar-refractivity contribution in [2.75, 3.05) is 16.8 Å². The minimum Gasteiger partial charge on any atom is -0.326 e. The molecule has 1 atom stereocenters. The summed E-state index contributed by atoms with van der Waals surface area (Å²) in [4.78, 5) is 11.8. The van der Waals surface area contributed by atoms with Crippen LogP contribution in [-0.4, -0.2) is 25.8 Å². The van der Waals surface area contributed by atoms with Gasteiger partial charge < -0.3 is 5.32 Å². The Labute approximate surface area is 105 Å². The second kappa shape index (κ2) is 4.66. The van der Waals surface area contributed by atoms with Crippen LogP contribution in [0.1, 0.15) is 6.42 Å². The van der Waals surface area contributed by atoms with Gasteiger partial charge in [-0.1, -0.05) is 11.6 Å². The summed E-state index contributed by atoms with van der Waals surface area (Å²) in [6.07, 6.45) is 0.405.